The molecule has 0 aromatic heterocycles. The first-order valence-corrected chi connectivity index (χ1v) is 15.8. The van der Waals surface area contributed by atoms with Crippen molar-refractivity contribution in [3.8, 4) is 0 Å². The lowest BCUT2D eigenvalue weighted by atomic mass is 10.2. The van der Waals surface area contributed by atoms with Crippen LogP contribution in [-0.4, -0.2) is 20.2 Å². The Balaban J connectivity index is 1.55. The van der Waals surface area contributed by atoms with Crippen LogP contribution in [0.3, 0.4) is 0 Å². The summed E-state index contributed by atoms with van der Waals surface area (Å²) < 4.78 is 0. The third-order valence-electron chi connectivity index (χ3n) is 8.01. The van der Waals surface area contributed by atoms with Gasteiger partial charge in [-0.25, -0.2) is 0 Å². The van der Waals surface area contributed by atoms with Gasteiger partial charge in [0.1, 0.15) is 8.07 Å². The predicted molar refractivity (Wildman–Crippen MR) is 152 cm³/mol. The third-order valence-corrected chi connectivity index (χ3v) is 11.8. The zero-order chi connectivity index (χ0) is 24.5. The van der Waals surface area contributed by atoms with Crippen molar-refractivity contribution in [2.45, 2.75) is 52.9 Å². The van der Waals surface area contributed by atoms with E-state index in [1.54, 1.807) is 10.4 Å². The smallest absolute Gasteiger partial charge is 0.118 e. The number of para-hydroxylation sites is 2. The van der Waals surface area contributed by atoms with Crippen molar-refractivity contribution in [2.24, 2.45) is 0 Å². The molecule has 2 aromatic carbocycles. The SMILES string of the molecule is CC1=CC2=CC(C)N(c3ccccc3)C2=C1[Si](C)(C)C1=C2C(=CC(C)N2c2ccccc2)C=C1C. The van der Waals surface area contributed by atoms with Crippen LogP contribution in [0.5, 0.6) is 0 Å². The monoisotopic (exact) mass is 474 g/mol. The minimum absolute atomic E-state index is 0.354. The van der Waals surface area contributed by atoms with Gasteiger partial charge in [-0.1, -0.05) is 73.8 Å². The van der Waals surface area contributed by atoms with Crippen LogP contribution in [0.2, 0.25) is 13.1 Å². The van der Waals surface area contributed by atoms with Gasteiger partial charge in [0.2, 0.25) is 0 Å². The van der Waals surface area contributed by atoms with Gasteiger partial charge in [0.05, 0.1) is 12.1 Å². The average molecular weight is 475 g/mol. The highest BCUT2D eigenvalue weighted by atomic mass is 28.3. The molecule has 0 amide bonds. The van der Waals surface area contributed by atoms with E-state index in [0.29, 0.717) is 12.1 Å². The molecule has 0 spiro atoms. The maximum atomic E-state index is 2.57. The Morgan fingerprint density at radius 2 is 0.971 bits per heavy atom. The quantitative estimate of drug-likeness (QED) is 0.416. The van der Waals surface area contributed by atoms with Gasteiger partial charge >= 0.3 is 0 Å². The molecule has 3 heteroatoms. The number of allylic oxidation sites excluding steroid dienone is 6. The lowest BCUT2D eigenvalue weighted by Crippen LogP contribution is -2.39. The molecule has 2 heterocycles. The largest absolute Gasteiger partial charge is 0.334 e. The van der Waals surface area contributed by atoms with Gasteiger partial charge in [0.15, 0.2) is 0 Å². The van der Waals surface area contributed by atoms with Crippen LogP contribution in [0, 0.1) is 0 Å². The summed E-state index contributed by atoms with van der Waals surface area (Å²) in [5, 5.41) is 3.17. The second kappa shape index (κ2) is 7.86. The van der Waals surface area contributed by atoms with E-state index in [1.807, 2.05) is 0 Å². The van der Waals surface area contributed by atoms with E-state index in [2.05, 4.69) is 136 Å². The molecular formula is C32H34N2Si. The summed E-state index contributed by atoms with van der Waals surface area (Å²) in [5.41, 5.74) is 11.1. The summed E-state index contributed by atoms with van der Waals surface area (Å²) in [4.78, 5) is 5.13. The topological polar surface area (TPSA) is 6.48 Å². The molecule has 0 radical (unpaired) electrons. The second-order valence-corrected chi connectivity index (χ2v) is 15.1. The summed E-state index contributed by atoms with van der Waals surface area (Å²) in [6.45, 7) is 14.4. The van der Waals surface area contributed by atoms with Crippen molar-refractivity contribution in [1.82, 2.24) is 0 Å². The van der Waals surface area contributed by atoms with Gasteiger partial charge < -0.3 is 9.80 Å². The van der Waals surface area contributed by atoms with E-state index in [-0.39, 0.29) is 0 Å². The van der Waals surface area contributed by atoms with Gasteiger partial charge in [0.25, 0.3) is 0 Å². The molecule has 2 aliphatic carbocycles. The summed E-state index contributed by atoms with van der Waals surface area (Å²) >= 11 is 0. The standard InChI is InChI=1S/C32H34N2Si/c1-21-17-25-19-23(3)33(27-13-9-7-10-14-27)29(25)31(21)35(5,6)32-22(2)18-26-20-24(4)34(30(26)32)28-15-11-8-12-16-28/h7-20,23-24H,1-6H3. The number of benzene rings is 2. The van der Waals surface area contributed by atoms with E-state index in [0.717, 1.165) is 0 Å². The zero-order valence-electron chi connectivity index (χ0n) is 21.6. The normalized spacial score (nSPS) is 23.5. The molecule has 0 bridgehead atoms. The molecule has 6 rings (SSSR count). The first kappa shape index (κ1) is 22.2. The van der Waals surface area contributed by atoms with Crippen LogP contribution < -0.4 is 9.80 Å². The Morgan fingerprint density at radius 1 is 0.600 bits per heavy atom. The van der Waals surface area contributed by atoms with E-state index in [1.165, 1.54) is 45.1 Å². The molecule has 176 valence electrons. The van der Waals surface area contributed by atoms with Crippen LogP contribution in [0.4, 0.5) is 11.4 Å². The number of hydrogen-bond acceptors (Lipinski definition) is 2. The van der Waals surface area contributed by atoms with Crippen molar-refractivity contribution in [3.05, 3.63) is 129 Å². The van der Waals surface area contributed by atoms with Crippen molar-refractivity contribution in [2.75, 3.05) is 9.80 Å². The van der Waals surface area contributed by atoms with Crippen molar-refractivity contribution >= 4 is 19.4 Å². The molecule has 2 unspecified atom stereocenters. The molecule has 0 saturated carbocycles. The third kappa shape index (κ3) is 3.21. The van der Waals surface area contributed by atoms with E-state index in [9.17, 15) is 0 Å². The molecule has 0 fully saturated rings. The van der Waals surface area contributed by atoms with Crippen LogP contribution in [0.25, 0.3) is 0 Å². The minimum Gasteiger partial charge on any atom is -0.334 e. The van der Waals surface area contributed by atoms with E-state index < -0.39 is 8.07 Å². The van der Waals surface area contributed by atoms with Crippen LogP contribution >= 0.6 is 0 Å². The number of nitrogens with zero attached hydrogens (tertiary/aromatic N) is 2. The fourth-order valence-corrected chi connectivity index (χ4v) is 10.9. The predicted octanol–water partition coefficient (Wildman–Crippen LogP) is 7.87. The van der Waals surface area contributed by atoms with Crippen LogP contribution in [0.15, 0.2) is 129 Å². The Bertz CT molecular complexity index is 1290. The Hall–Kier alpha value is -3.30. The van der Waals surface area contributed by atoms with E-state index in [4.69, 9.17) is 0 Å². The number of fused-ring (bicyclic) bond motifs is 2. The molecule has 0 saturated heterocycles. The number of rotatable bonds is 4. The van der Waals surface area contributed by atoms with Gasteiger partial charge in [-0.05, 0) is 84.6 Å². The van der Waals surface area contributed by atoms with Gasteiger partial charge in [-0.2, -0.15) is 0 Å². The second-order valence-electron chi connectivity index (χ2n) is 10.9. The molecule has 2 atom stereocenters. The molecule has 2 aliphatic heterocycles. The lowest BCUT2D eigenvalue weighted by molar-refractivity contribution is 0.864. The summed E-state index contributed by atoms with van der Waals surface area (Å²) in [7, 11) is -2.09. The lowest BCUT2D eigenvalue weighted by Gasteiger charge is -2.36. The average Bonchev–Trinajstić information content (AvgIpc) is 3.50. The Labute approximate surface area is 211 Å². The summed E-state index contributed by atoms with van der Waals surface area (Å²) in [5.74, 6) is 0. The Kier molecular flexibility index (Phi) is 4.98. The first-order chi connectivity index (χ1) is 16.8. The highest BCUT2D eigenvalue weighted by Crippen LogP contribution is 2.51. The molecule has 0 N–H and O–H groups in total. The van der Waals surface area contributed by atoms with Crippen LogP contribution in [0.1, 0.15) is 27.7 Å². The summed E-state index contributed by atoms with van der Waals surface area (Å²) in [6, 6.07) is 22.5. The van der Waals surface area contributed by atoms with Crippen LogP contribution in [-0.2, 0) is 0 Å². The fraction of sp³-hybridized carbons (Fsp3) is 0.250. The van der Waals surface area contributed by atoms with Gasteiger partial charge in [0, 0.05) is 22.8 Å². The molecule has 35 heavy (non-hydrogen) atoms. The fourth-order valence-electron chi connectivity index (χ4n) is 6.87. The molecule has 2 nitrogen and oxygen atoms in total. The zero-order valence-corrected chi connectivity index (χ0v) is 22.6. The highest BCUT2D eigenvalue weighted by molar-refractivity contribution is 6.92. The van der Waals surface area contributed by atoms with E-state index >= 15 is 0 Å². The van der Waals surface area contributed by atoms with Crippen molar-refractivity contribution in [1.29, 1.82) is 0 Å². The minimum atomic E-state index is -2.09. The number of hydrogen-bond donors (Lipinski definition) is 0. The molecule has 4 aliphatic rings. The van der Waals surface area contributed by atoms with Gasteiger partial charge in [-0.3, -0.25) is 0 Å². The first-order valence-electron chi connectivity index (χ1n) is 12.8. The van der Waals surface area contributed by atoms with Crippen molar-refractivity contribution in [3.63, 3.8) is 0 Å². The highest BCUT2D eigenvalue weighted by Gasteiger charge is 2.46. The maximum Gasteiger partial charge on any atom is 0.118 e. The number of anilines is 2. The molecular weight excluding hydrogens is 440 g/mol. The van der Waals surface area contributed by atoms with Crippen molar-refractivity contribution < 1.29 is 0 Å². The van der Waals surface area contributed by atoms with Gasteiger partial charge in [-0.15, -0.1) is 0 Å². The maximum absolute atomic E-state index is 2.57. The molecule has 2 aromatic rings. The Morgan fingerprint density at radius 3 is 1.34 bits per heavy atom. The summed E-state index contributed by atoms with van der Waals surface area (Å²) in [6.07, 6.45) is 9.75.